The van der Waals surface area contributed by atoms with E-state index in [-0.39, 0.29) is 0 Å². The predicted molar refractivity (Wildman–Crippen MR) is 143 cm³/mol. The SMILES string of the molecule is C1CC[OH+]C1.C[N-]N(C)C(=Nc1c(C(C)C)cccc1C(C)C)c1ccccc1.[Cl][Ti]([Cl])[Cl]. The fourth-order valence-corrected chi connectivity index (χ4v) is 3.31. The van der Waals surface area contributed by atoms with Crippen LogP contribution in [0.25, 0.3) is 5.43 Å². The molecule has 0 saturated carbocycles. The average molecular weight is 550 g/mol. The number of amidine groups is 1. The molecule has 8 heteroatoms. The van der Waals surface area contributed by atoms with E-state index in [2.05, 4.69) is 68.2 Å². The first-order valence-corrected chi connectivity index (χ1v) is 17.7. The third-order valence-electron chi connectivity index (χ3n) is 5.08. The van der Waals surface area contributed by atoms with Crippen molar-refractivity contribution in [1.29, 1.82) is 0 Å². The van der Waals surface area contributed by atoms with Crippen LogP contribution in [0.15, 0.2) is 53.5 Å². The van der Waals surface area contributed by atoms with Crippen LogP contribution in [0.4, 0.5) is 5.69 Å². The summed E-state index contributed by atoms with van der Waals surface area (Å²) in [4.78, 5) is 5.09. The summed E-state index contributed by atoms with van der Waals surface area (Å²) in [5, 5.41) is 1.84. The summed E-state index contributed by atoms with van der Waals surface area (Å²) >= 11 is -1.92. The summed E-state index contributed by atoms with van der Waals surface area (Å²) in [5.41, 5.74) is 9.02. The van der Waals surface area contributed by atoms with Gasteiger partial charge in [-0.15, -0.1) is 7.05 Å². The van der Waals surface area contributed by atoms with E-state index in [1.807, 2.05) is 30.3 Å². The fraction of sp³-hybridized carbons (Fsp3) is 0.480. The molecule has 1 heterocycles. The molecule has 33 heavy (non-hydrogen) atoms. The number of hydrogen-bond donors (Lipinski definition) is 0. The standard InChI is InChI=1S/C21H28N3.C4H8O.3ClH.Ti/c1-15(2)18-13-10-14-19(16(3)4)20(18)23-21(24(6)22-5)17-11-8-7-9-12-17;1-2-4-5-3-1;;;;/h7-16H,1-6H3;1-4H2;3*1H;/q-1;;;;;+3/p-2. The third-order valence-corrected chi connectivity index (χ3v) is 5.08. The minimum atomic E-state index is -1.92. The first kappa shape index (κ1) is 30.4. The Morgan fingerprint density at radius 2 is 1.39 bits per heavy atom. The topological polar surface area (TPSA) is 42.5 Å². The molecule has 0 bridgehead atoms. The molecular formula is C25H37Cl3N3OTi. The van der Waals surface area contributed by atoms with Gasteiger partial charge in [-0.2, -0.15) is 0 Å². The van der Waals surface area contributed by atoms with Crippen molar-refractivity contribution in [3.63, 3.8) is 0 Å². The molecule has 1 aliphatic heterocycles. The van der Waals surface area contributed by atoms with Gasteiger partial charge in [0.2, 0.25) is 0 Å². The van der Waals surface area contributed by atoms with E-state index in [9.17, 15) is 0 Å². The second-order valence-corrected chi connectivity index (χ2v) is 15.9. The van der Waals surface area contributed by atoms with Crippen molar-refractivity contribution in [2.24, 2.45) is 4.99 Å². The van der Waals surface area contributed by atoms with Crippen molar-refractivity contribution in [3.05, 3.63) is 70.6 Å². The zero-order valence-corrected chi connectivity index (χ0v) is 24.4. The monoisotopic (exact) mass is 548 g/mol. The predicted octanol–water partition coefficient (Wildman–Crippen LogP) is 8.24. The second kappa shape index (κ2) is 16.9. The van der Waals surface area contributed by atoms with Crippen LogP contribution in [0.2, 0.25) is 0 Å². The number of halogens is 3. The first-order chi connectivity index (χ1) is 15.7. The molecule has 183 valence electrons. The Hall–Kier alpha value is -0.586. The Labute approximate surface area is 218 Å². The molecule has 1 saturated heterocycles. The van der Waals surface area contributed by atoms with Gasteiger partial charge in [0.05, 0.1) is 5.69 Å². The van der Waals surface area contributed by atoms with Crippen LogP contribution < -0.4 is 0 Å². The summed E-state index contributed by atoms with van der Waals surface area (Å²) in [6.45, 7) is 11.1. The molecule has 1 fully saturated rings. The number of para-hydroxylation sites is 1. The second-order valence-electron chi connectivity index (χ2n) is 8.21. The zero-order valence-electron chi connectivity index (χ0n) is 20.5. The van der Waals surface area contributed by atoms with E-state index in [0.29, 0.717) is 11.8 Å². The number of rotatable bonds is 5. The molecule has 0 radical (unpaired) electrons. The summed E-state index contributed by atoms with van der Waals surface area (Å²) in [7, 11) is 18.6. The van der Waals surface area contributed by atoms with Crippen molar-refractivity contribution in [2.75, 3.05) is 27.3 Å². The van der Waals surface area contributed by atoms with E-state index in [1.54, 1.807) is 7.05 Å². The molecule has 0 unspecified atom stereocenters. The molecular weight excluding hydrogens is 513 g/mol. The van der Waals surface area contributed by atoms with Gasteiger partial charge in [0.25, 0.3) is 0 Å². The molecule has 2 aromatic rings. The van der Waals surface area contributed by atoms with Crippen molar-refractivity contribution in [2.45, 2.75) is 52.4 Å². The van der Waals surface area contributed by atoms with Crippen molar-refractivity contribution >= 4 is 39.4 Å². The van der Waals surface area contributed by atoms with Crippen LogP contribution in [0.5, 0.6) is 0 Å². The summed E-state index contributed by atoms with van der Waals surface area (Å²) < 4.78 is 4.08. The van der Waals surface area contributed by atoms with E-state index < -0.39 is 14.7 Å². The Bertz CT molecular complexity index is 792. The van der Waals surface area contributed by atoms with Crippen LogP contribution in [-0.2, 0) is 14.7 Å². The number of aliphatic hydroxyl groups is 2. The average Bonchev–Trinajstić information content (AvgIpc) is 3.37. The summed E-state index contributed by atoms with van der Waals surface area (Å²) in [5.74, 6) is 1.71. The van der Waals surface area contributed by atoms with E-state index in [4.69, 9.17) is 32.9 Å². The van der Waals surface area contributed by atoms with Crippen molar-refractivity contribution < 1.29 is 19.4 Å². The number of aliphatic imine (C=N–C) groups is 1. The van der Waals surface area contributed by atoms with Crippen LogP contribution in [0, 0.1) is 0 Å². The van der Waals surface area contributed by atoms with Crippen LogP contribution in [0.1, 0.15) is 69.1 Å². The van der Waals surface area contributed by atoms with Gasteiger partial charge in [-0.05, 0) is 30.0 Å². The number of ether oxygens (including phenoxy) is 1. The maximum atomic E-state index is 5.09. The minimum absolute atomic E-state index is 0.420. The molecule has 0 aliphatic carbocycles. The van der Waals surface area contributed by atoms with Gasteiger partial charge in [-0.25, -0.2) is 4.99 Å². The fourth-order valence-electron chi connectivity index (χ4n) is 3.31. The van der Waals surface area contributed by atoms with Gasteiger partial charge in [0.15, 0.2) is 0 Å². The zero-order chi connectivity index (χ0) is 24.8. The van der Waals surface area contributed by atoms with Crippen LogP contribution in [-0.4, -0.2) is 42.9 Å². The molecule has 0 amide bonds. The Morgan fingerprint density at radius 3 is 1.76 bits per heavy atom. The number of benzene rings is 2. The molecule has 0 aromatic heterocycles. The number of nitrogens with zero attached hydrogens (tertiary/aromatic N) is 3. The first-order valence-electron chi connectivity index (χ1n) is 11.3. The normalized spacial score (nSPS) is 13.2. The Morgan fingerprint density at radius 1 is 0.909 bits per heavy atom. The van der Waals surface area contributed by atoms with Gasteiger partial charge in [-0.1, -0.05) is 76.2 Å². The maximum absolute atomic E-state index is 5.09. The van der Waals surface area contributed by atoms with Crippen LogP contribution in [0.3, 0.4) is 0 Å². The summed E-state index contributed by atoms with van der Waals surface area (Å²) in [6, 6.07) is 16.7. The van der Waals surface area contributed by atoms with E-state index in [0.717, 1.165) is 30.3 Å². The van der Waals surface area contributed by atoms with Crippen LogP contribution >= 0.6 is 27.9 Å². The molecule has 0 spiro atoms. The molecule has 0 atom stereocenters. The van der Waals surface area contributed by atoms with Gasteiger partial charge in [0, 0.05) is 18.4 Å². The molecule has 1 aliphatic rings. The molecule has 4 nitrogen and oxygen atoms in total. The molecule has 1 N–H and O–H groups in total. The Kier molecular flexibility index (Phi) is 15.6. The van der Waals surface area contributed by atoms with Gasteiger partial charge < -0.3 is 15.2 Å². The number of hydrogen-bond acceptors (Lipinski definition) is 1. The Balaban J connectivity index is 0.000000505. The summed E-state index contributed by atoms with van der Waals surface area (Å²) in [6.07, 6.45) is 2.67. The van der Waals surface area contributed by atoms with Crippen molar-refractivity contribution in [3.8, 4) is 0 Å². The van der Waals surface area contributed by atoms with Crippen molar-refractivity contribution in [1.82, 2.24) is 5.01 Å². The van der Waals surface area contributed by atoms with Gasteiger partial charge in [0.1, 0.15) is 19.0 Å². The molecule has 3 rings (SSSR count). The van der Waals surface area contributed by atoms with E-state index >= 15 is 0 Å². The van der Waals surface area contributed by atoms with Gasteiger partial charge in [-0.3, -0.25) is 0 Å². The van der Waals surface area contributed by atoms with E-state index in [1.165, 1.54) is 24.0 Å². The third kappa shape index (κ3) is 11.6. The quantitative estimate of drug-likeness (QED) is 0.122. The molecule has 2 aromatic carbocycles. The van der Waals surface area contributed by atoms with Gasteiger partial charge >= 0.3 is 42.6 Å².